The minimum atomic E-state index is -1.18. The summed E-state index contributed by atoms with van der Waals surface area (Å²) in [6.07, 6.45) is 1.43. The summed E-state index contributed by atoms with van der Waals surface area (Å²) in [7, 11) is 1.63. The van der Waals surface area contributed by atoms with Crippen LogP contribution < -0.4 is 5.32 Å². The van der Waals surface area contributed by atoms with Gasteiger partial charge in [0.05, 0.1) is 12.7 Å². The number of imide groups is 1. The first-order valence-corrected chi connectivity index (χ1v) is 16.8. The van der Waals surface area contributed by atoms with Crippen LogP contribution in [0.3, 0.4) is 0 Å². The Morgan fingerprint density at radius 3 is 2.53 bits per heavy atom. The highest BCUT2D eigenvalue weighted by molar-refractivity contribution is 6.05. The lowest BCUT2D eigenvalue weighted by atomic mass is 9.93. The number of fused-ring (bicyclic) bond motifs is 3. The smallest absolute Gasteiger partial charge is 0.432 e. The second kappa shape index (κ2) is 19.1. The quantitative estimate of drug-likeness (QED) is 0.0849. The predicted molar refractivity (Wildman–Crippen MR) is 177 cm³/mol. The molecule has 3 amide bonds. The molecule has 1 saturated heterocycles. The Labute approximate surface area is 286 Å². The molecule has 2 aromatic rings. The maximum absolute atomic E-state index is 13.5. The SMILES string of the molecule is COCCCOCCNC(=O)CCc1ccc2c(c1)C(COC(=O)ON1C(=O)CCC1=O)c1cccc(C(=O)CCCOC(C)CCO)c1-2. The van der Waals surface area contributed by atoms with Crippen LogP contribution in [0.5, 0.6) is 0 Å². The van der Waals surface area contributed by atoms with E-state index in [9.17, 15) is 24.0 Å². The Balaban J connectivity index is 1.46. The van der Waals surface area contributed by atoms with E-state index in [1.54, 1.807) is 19.2 Å². The van der Waals surface area contributed by atoms with E-state index in [-0.39, 0.29) is 56.7 Å². The Morgan fingerprint density at radius 2 is 1.78 bits per heavy atom. The average molecular weight is 683 g/mol. The molecule has 4 rings (SSSR count). The van der Waals surface area contributed by atoms with Crippen LogP contribution in [-0.4, -0.2) is 99.2 Å². The van der Waals surface area contributed by atoms with E-state index in [2.05, 4.69) is 5.32 Å². The van der Waals surface area contributed by atoms with E-state index in [0.717, 1.165) is 34.2 Å². The average Bonchev–Trinajstić information content (AvgIpc) is 3.58. The predicted octanol–water partition coefficient (Wildman–Crippen LogP) is 3.87. The van der Waals surface area contributed by atoms with Crippen molar-refractivity contribution in [3.05, 3.63) is 58.7 Å². The molecule has 2 unspecified atom stereocenters. The number of nitrogens with one attached hydrogen (secondary N) is 1. The van der Waals surface area contributed by atoms with Crippen LogP contribution >= 0.6 is 0 Å². The molecule has 0 radical (unpaired) electrons. The number of nitrogens with zero attached hydrogens (tertiary/aromatic N) is 1. The van der Waals surface area contributed by atoms with Gasteiger partial charge in [-0.25, -0.2) is 4.79 Å². The van der Waals surface area contributed by atoms with Crippen LogP contribution in [0.1, 0.15) is 84.8 Å². The van der Waals surface area contributed by atoms with E-state index < -0.39 is 23.9 Å². The molecule has 0 aromatic heterocycles. The number of ketones is 1. The number of carbonyl (C=O) groups excluding carboxylic acids is 5. The fraction of sp³-hybridized carbons (Fsp3) is 0.528. The zero-order valence-electron chi connectivity index (χ0n) is 28.2. The fourth-order valence-electron chi connectivity index (χ4n) is 5.87. The number of aliphatic hydroxyl groups is 1. The summed E-state index contributed by atoms with van der Waals surface area (Å²) in [5, 5.41) is 12.4. The summed E-state index contributed by atoms with van der Waals surface area (Å²) in [6, 6.07) is 11.3. The van der Waals surface area contributed by atoms with Crippen LogP contribution in [0.2, 0.25) is 0 Å². The van der Waals surface area contributed by atoms with Crippen molar-refractivity contribution >= 4 is 29.7 Å². The Morgan fingerprint density at radius 1 is 0.980 bits per heavy atom. The van der Waals surface area contributed by atoms with Gasteiger partial charge in [-0.15, -0.1) is 0 Å². The minimum absolute atomic E-state index is 0.0349. The highest BCUT2D eigenvalue weighted by Gasteiger charge is 2.36. The number of ether oxygens (including phenoxy) is 4. The molecule has 0 spiro atoms. The second-order valence-electron chi connectivity index (χ2n) is 12.0. The second-order valence-corrected chi connectivity index (χ2v) is 12.0. The van der Waals surface area contributed by atoms with Gasteiger partial charge in [0.15, 0.2) is 5.78 Å². The number of aryl methyl sites for hydroxylation is 1. The normalized spacial score (nSPS) is 15.6. The van der Waals surface area contributed by atoms with Gasteiger partial charge in [0, 0.05) is 77.2 Å². The molecule has 1 aliphatic heterocycles. The number of carbonyl (C=O) groups is 5. The first kappa shape index (κ1) is 37.6. The third-order valence-electron chi connectivity index (χ3n) is 8.41. The molecule has 0 saturated carbocycles. The molecule has 0 bridgehead atoms. The van der Waals surface area contributed by atoms with E-state index >= 15 is 0 Å². The summed E-state index contributed by atoms with van der Waals surface area (Å²) in [5.41, 5.74) is 4.60. The maximum Gasteiger partial charge on any atom is 0.533 e. The first-order chi connectivity index (χ1) is 23.7. The van der Waals surface area contributed by atoms with Crippen molar-refractivity contribution < 1.29 is 52.9 Å². The van der Waals surface area contributed by atoms with E-state index in [4.69, 9.17) is 28.9 Å². The number of methoxy groups -OCH3 is 1. The summed E-state index contributed by atoms with van der Waals surface area (Å²) in [5.74, 6) is -1.87. The van der Waals surface area contributed by atoms with Gasteiger partial charge < -0.3 is 29.4 Å². The Bertz CT molecular complexity index is 1460. The number of hydroxylamine groups is 2. The molecule has 2 aliphatic rings. The molecule has 1 fully saturated rings. The lowest BCUT2D eigenvalue weighted by Gasteiger charge is -2.17. The maximum atomic E-state index is 13.5. The van der Waals surface area contributed by atoms with Crippen molar-refractivity contribution in [1.82, 2.24) is 10.4 Å². The van der Waals surface area contributed by atoms with Crippen LogP contribution in [-0.2, 0) is 44.6 Å². The summed E-state index contributed by atoms with van der Waals surface area (Å²) >= 11 is 0. The highest BCUT2D eigenvalue weighted by atomic mass is 16.8. The van der Waals surface area contributed by atoms with Gasteiger partial charge in [-0.1, -0.05) is 41.5 Å². The van der Waals surface area contributed by atoms with Crippen LogP contribution in [0, 0.1) is 0 Å². The molecule has 13 nitrogen and oxygen atoms in total. The molecular formula is C36H46N2O11. The van der Waals surface area contributed by atoms with Gasteiger partial charge in [0.25, 0.3) is 11.8 Å². The lowest BCUT2D eigenvalue weighted by Crippen LogP contribution is -2.32. The number of rotatable bonds is 21. The van der Waals surface area contributed by atoms with Crippen molar-refractivity contribution in [3.8, 4) is 11.1 Å². The first-order valence-electron chi connectivity index (χ1n) is 16.8. The van der Waals surface area contributed by atoms with Gasteiger partial charge in [-0.3, -0.25) is 24.0 Å². The number of Topliss-reactive ketones (excluding diaryl/α,β-unsaturated/α-hetero) is 1. The van der Waals surface area contributed by atoms with Crippen molar-refractivity contribution in [2.75, 3.05) is 53.3 Å². The molecule has 2 aromatic carbocycles. The zero-order chi connectivity index (χ0) is 35.2. The van der Waals surface area contributed by atoms with Crippen LogP contribution in [0.15, 0.2) is 36.4 Å². The Hall–Kier alpha value is -4.17. The third-order valence-corrected chi connectivity index (χ3v) is 8.41. The topological polar surface area (TPSA) is 167 Å². The van der Waals surface area contributed by atoms with Gasteiger partial charge >= 0.3 is 6.16 Å². The minimum Gasteiger partial charge on any atom is -0.432 e. The largest absolute Gasteiger partial charge is 0.533 e. The molecule has 49 heavy (non-hydrogen) atoms. The molecular weight excluding hydrogens is 636 g/mol. The van der Waals surface area contributed by atoms with Crippen molar-refractivity contribution in [2.24, 2.45) is 0 Å². The van der Waals surface area contributed by atoms with Crippen molar-refractivity contribution in [3.63, 3.8) is 0 Å². The monoisotopic (exact) mass is 682 g/mol. The number of hydrogen-bond acceptors (Lipinski definition) is 11. The Kier molecular flexibility index (Phi) is 14.7. The van der Waals surface area contributed by atoms with E-state index in [1.807, 2.05) is 31.2 Å². The van der Waals surface area contributed by atoms with Crippen molar-refractivity contribution in [2.45, 2.75) is 70.3 Å². The van der Waals surface area contributed by atoms with Gasteiger partial charge in [-0.2, -0.15) is 0 Å². The van der Waals surface area contributed by atoms with Crippen molar-refractivity contribution in [1.29, 1.82) is 0 Å². The van der Waals surface area contributed by atoms with E-state index in [0.29, 0.717) is 62.9 Å². The molecule has 2 atom stereocenters. The number of hydrogen-bond donors (Lipinski definition) is 2. The third kappa shape index (κ3) is 10.7. The molecule has 13 heteroatoms. The number of benzene rings is 2. The standard InChI is InChI=1S/C36H46N2O11/c1-24(15-17-39)47-20-4-8-31(40)28-7-3-6-26-30(23-48-36(44)49-38-33(42)13-14-34(38)43)29-22-25(9-11-27(29)35(26)28)10-12-32(41)37-16-21-46-19-5-18-45-2/h3,6-7,9,11,22,24,30,39H,4-5,8,10,12-21,23H2,1-2H3,(H,37,41). The molecule has 1 heterocycles. The number of amides is 3. The van der Waals surface area contributed by atoms with Gasteiger partial charge in [0.2, 0.25) is 5.91 Å². The van der Waals surface area contributed by atoms with Crippen LogP contribution in [0.25, 0.3) is 11.1 Å². The molecule has 1 aliphatic carbocycles. The molecule has 2 N–H and O–H groups in total. The summed E-state index contributed by atoms with van der Waals surface area (Å²) in [6.45, 7) is 4.12. The van der Waals surface area contributed by atoms with Crippen LogP contribution in [0.4, 0.5) is 4.79 Å². The summed E-state index contributed by atoms with van der Waals surface area (Å²) in [4.78, 5) is 67.3. The van der Waals surface area contributed by atoms with Gasteiger partial charge in [-0.05, 0) is 60.4 Å². The fourth-order valence-corrected chi connectivity index (χ4v) is 5.87. The lowest BCUT2D eigenvalue weighted by molar-refractivity contribution is -0.177. The highest BCUT2D eigenvalue weighted by Crippen LogP contribution is 2.47. The van der Waals surface area contributed by atoms with E-state index in [1.165, 1.54) is 0 Å². The molecule has 266 valence electrons. The number of aliphatic hydroxyl groups excluding tert-OH is 1. The zero-order valence-corrected chi connectivity index (χ0v) is 28.2. The van der Waals surface area contributed by atoms with Gasteiger partial charge in [0.1, 0.15) is 6.61 Å². The summed E-state index contributed by atoms with van der Waals surface area (Å²) < 4.78 is 21.6.